The molecule has 0 aliphatic carbocycles. The van der Waals surface area contributed by atoms with Gasteiger partial charge in [0.2, 0.25) is 0 Å². The van der Waals surface area contributed by atoms with Crippen LogP contribution in [0.1, 0.15) is 45.1 Å². The zero-order chi connectivity index (χ0) is 13.2. The van der Waals surface area contributed by atoms with Crippen LogP contribution in [-0.4, -0.2) is 19.2 Å². The highest BCUT2D eigenvalue weighted by atomic mass is 16.5. The summed E-state index contributed by atoms with van der Waals surface area (Å²) < 4.78 is 5.72. The predicted molar refractivity (Wildman–Crippen MR) is 78.3 cm³/mol. The third kappa shape index (κ3) is 7.33. The number of benzene rings is 1. The van der Waals surface area contributed by atoms with E-state index in [0.29, 0.717) is 6.04 Å². The van der Waals surface area contributed by atoms with E-state index in [9.17, 15) is 0 Å². The van der Waals surface area contributed by atoms with Gasteiger partial charge in [0.25, 0.3) is 0 Å². The van der Waals surface area contributed by atoms with Crippen molar-refractivity contribution in [2.45, 2.75) is 52.5 Å². The van der Waals surface area contributed by atoms with Gasteiger partial charge in [0.15, 0.2) is 0 Å². The summed E-state index contributed by atoms with van der Waals surface area (Å²) in [6, 6.07) is 8.86. The highest BCUT2D eigenvalue weighted by molar-refractivity contribution is 5.27. The van der Waals surface area contributed by atoms with Crippen LogP contribution in [0, 0.1) is 6.92 Å². The quantitative estimate of drug-likeness (QED) is 0.669. The molecule has 1 aromatic carbocycles. The maximum absolute atomic E-state index is 5.72. The van der Waals surface area contributed by atoms with E-state index in [1.165, 1.54) is 24.8 Å². The number of ether oxygens (including phenoxy) is 1. The van der Waals surface area contributed by atoms with E-state index in [0.717, 1.165) is 25.3 Å². The first-order valence-electron chi connectivity index (χ1n) is 7.11. The van der Waals surface area contributed by atoms with Gasteiger partial charge in [-0.3, -0.25) is 0 Å². The second-order valence-corrected chi connectivity index (χ2v) is 5.19. The Kier molecular flexibility index (Phi) is 7.51. The van der Waals surface area contributed by atoms with Gasteiger partial charge in [-0.05, 0) is 44.0 Å². The van der Waals surface area contributed by atoms with Gasteiger partial charge >= 0.3 is 0 Å². The summed E-state index contributed by atoms with van der Waals surface area (Å²) in [5, 5.41) is 3.44. The SMILES string of the molecule is Cc1cccc(OCCCCCCNC(C)C)c1. The largest absolute Gasteiger partial charge is 0.494 e. The molecule has 0 saturated carbocycles. The molecule has 0 heterocycles. The van der Waals surface area contributed by atoms with Crippen molar-refractivity contribution >= 4 is 0 Å². The number of hydrogen-bond acceptors (Lipinski definition) is 2. The van der Waals surface area contributed by atoms with Crippen LogP contribution in [-0.2, 0) is 0 Å². The fourth-order valence-corrected chi connectivity index (χ4v) is 1.87. The topological polar surface area (TPSA) is 21.3 Å². The van der Waals surface area contributed by atoms with Crippen molar-refractivity contribution in [3.8, 4) is 5.75 Å². The molecule has 1 aromatic rings. The zero-order valence-corrected chi connectivity index (χ0v) is 12.0. The van der Waals surface area contributed by atoms with E-state index in [4.69, 9.17) is 4.74 Å². The lowest BCUT2D eigenvalue weighted by Gasteiger charge is -2.08. The van der Waals surface area contributed by atoms with Gasteiger partial charge in [-0.25, -0.2) is 0 Å². The molecule has 0 saturated heterocycles. The van der Waals surface area contributed by atoms with Crippen molar-refractivity contribution in [1.82, 2.24) is 5.32 Å². The Balaban J connectivity index is 1.96. The van der Waals surface area contributed by atoms with Crippen LogP contribution < -0.4 is 10.1 Å². The first-order valence-corrected chi connectivity index (χ1v) is 7.11. The smallest absolute Gasteiger partial charge is 0.119 e. The first-order chi connectivity index (χ1) is 8.68. The first kappa shape index (κ1) is 15.0. The minimum absolute atomic E-state index is 0.606. The average molecular weight is 249 g/mol. The van der Waals surface area contributed by atoms with Crippen LogP contribution in [0.4, 0.5) is 0 Å². The summed E-state index contributed by atoms with van der Waals surface area (Å²) in [6.07, 6.45) is 4.96. The van der Waals surface area contributed by atoms with E-state index in [-0.39, 0.29) is 0 Å². The Morgan fingerprint density at radius 3 is 2.61 bits per heavy atom. The van der Waals surface area contributed by atoms with Crippen LogP contribution in [0.25, 0.3) is 0 Å². The molecule has 18 heavy (non-hydrogen) atoms. The number of nitrogens with one attached hydrogen (secondary N) is 1. The van der Waals surface area contributed by atoms with E-state index >= 15 is 0 Å². The Hall–Kier alpha value is -1.02. The van der Waals surface area contributed by atoms with Crippen molar-refractivity contribution < 1.29 is 4.74 Å². The highest BCUT2D eigenvalue weighted by Crippen LogP contribution is 2.13. The lowest BCUT2D eigenvalue weighted by Crippen LogP contribution is -2.23. The second-order valence-electron chi connectivity index (χ2n) is 5.19. The molecule has 0 spiro atoms. The van der Waals surface area contributed by atoms with Gasteiger partial charge in [0.05, 0.1) is 6.61 Å². The van der Waals surface area contributed by atoms with Gasteiger partial charge in [-0.15, -0.1) is 0 Å². The molecule has 0 fully saturated rings. The summed E-state index contributed by atoms with van der Waals surface area (Å²) in [5.41, 5.74) is 1.26. The molecule has 1 N–H and O–H groups in total. The summed E-state index contributed by atoms with van der Waals surface area (Å²) in [7, 11) is 0. The second kappa shape index (κ2) is 8.98. The molecule has 0 amide bonds. The summed E-state index contributed by atoms with van der Waals surface area (Å²) >= 11 is 0. The lowest BCUT2D eigenvalue weighted by molar-refractivity contribution is 0.304. The average Bonchev–Trinajstić information content (AvgIpc) is 2.32. The lowest BCUT2D eigenvalue weighted by atomic mass is 10.2. The fourth-order valence-electron chi connectivity index (χ4n) is 1.87. The monoisotopic (exact) mass is 249 g/mol. The summed E-state index contributed by atoms with van der Waals surface area (Å²) in [5.74, 6) is 0.997. The van der Waals surface area contributed by atoms with Crippen molar-refractivity contribution in [1.29, 1.82) is 0 Å². The molecule has 0 aliphatic rings. The minimum atomic E-state index is 0.606. The molecular formula is C16H27NO. The van der Waals surface area contributed by atoms with Crippen molar-refractivity contribution in [3.63, 3.8) is 0 Å². The molecule has 0 unspecified atom stereocenters. The molecule has 0 radical (unpaired) electrons. The van der Waals surface area contributed by atoms with Gasteiger partial charge in [-0.2, -0.15) is 0 Å². The van der Waals surface area contributed by atoms with Crippen molar-refractivity contribution in [2.75, 3.05) is 13.2 Å². The van der Waals surface area contributed by atoms with Crippen LogP contribution in [0.5, 0.6) is 5.75 Å². The molecule has 2 heteroatoms. The van der Waals surface area contributed by atoms with Gasteiger partial charge in [-0.1, -0.05) is 38.8 Å². The Labute approximate surface area is 112 Å². The molecule has 102 valence electrons. The molecule has 0 bridgehead atoms. The normalized spacial score (nSPS) is 10.9. The Bertz CT molecular complexity index is 323. The molecule has 0 aliphatic heterocycles. The van der Waals surface area contributed by atoms with Crippen LogP contribution in [0.15, 0.2) is 24.3 Å². The van der Waals surface area contributed by atoms with Gasteiger partial charge in [0.1, 0.15) is 5.75 Å². The summed E-state index contributed by atoms with van der Waals surface area (Å²) in [6.45, 7) is 8.44. The number of rotatable bonds is 9. The van der Waals surface area contributed by atoms with Crippen molar-refractivity contribution in [3.05, 3.63) is 29.8 Å². The maximum atomic E-state index is 5.72. The van der Waals surface area contributed by atoms with E-state index in [1.54, 1.807) is 0 Å². The Morgan fingerprint density at radius 1 is 1.11 bits per heavy atom. The number of hydrogen-bond donors (Lipinski definition) is 1. The van der Waals surface area contributed by atoms with Crippen molar-refractivity contribution in [2.24, 2.45) is 0 Å². The summed E-state index contributed by atoms with van der Waals surface area (Å²) in [4.78, 5) is 0. The fraction of sp³-hybridized carbons (Fsp3) is 0.625. The molecule has 0 atom stereocenters. The van der Waals surface area contributed by atoms with E-state index < -0.39 is 0 Å². The third-order valence-electron chi connectivity index (χ3n) is 2.88. The Morgan fingerprint density at radius 2 is 1.89 bits per heavy atom. The van der Waals surface area contributed by atoms with Crippen LogP contribution in [0.2, 0.25) is 0 Å². The molecule has 0 aromatic heterocycles. The van der Waals surface area contributed by atoms with E-state index in [1.807, 2.05) is 12.1 Å². The number of unbranched alkanes of at least 4 members (excludes halogenated alkanes) is 3. The van der Waals surface area contributed by atoms with Crippen LogP contribution >= 0.6 is 0 Å². The van der Waals surface area contributed by atoms with Gasteiger partial charge in [0, 0.05) is 6.04 Å². The minimum Gasteiger partial charge on any atom is -0.494 e. The van der Waals surface area contributed by atoms with Gasteiger partial charge < -0.3 is 10.1 Å². The predicted octanol–water partition coefficient (Wildman–Crippen LogP) is 3.93. The van der Waals surface area contributed by atoms with E-state index in [2.05, 4.69) is 38.2 Å². The standard InChI is InChI=1S/C16H27NO/c1-14(2)17-11-6-4-5-7-12-18-16-10-8-9-15(3)13-16/h8-10,13-14,17H,4-7,11-12H2,1-3H3. The number of aryl methyl sites for hydroxylation is 1. The zero-order valence-electron chi connectivity index (χ0n) is 12.0. The maximum Gasteiger partial charge on any atom is 0.119 e. The molecule has 2 nitrogen and oxygen atoms in total. The highest BCUT2D eigenvalue weighted by Gasteiger charge is 1.95. The third-order valence-corrected chi connectivity index (χ3v) is 2.88. The van der Waals surface area contributed by atoms with Crippen LogP contribution in [0.3, 0.4) is 0 Å². The molecular weight excluding hydrogens is 222 g/mol. The molecule has 1 rings (SSSR count).